The minimum atomic E-state index is -2.39. The molecule has 0 aromatic heterocycles. The van der Waals surface area contributed by atoms with E-state index in [1.54, 1.807) is 0 Å². The molecule has 1 aromatic rings. The van der Waals surface area contributed by atoms with Gasteiger partial charge >= 0.3 is 0 Å². The lowest BCUT2D eigenvalue weighted by Crippen LogP contribution is -2.34. The van der Waals surface area contributed by atoms with Crippen molar-refractivity contribution in [3.63, 3.8) is 0 Å². The second kappa shape index (κ2) is 5.73. The summed E-state index contributed by atoms with van der Waals surface area (Å²) in [5.41, 5.74) is -0.109. The minimum absolute atomic E-state index is 0.0215. The Hall–Kier alpha value is -1.04. The third kappa shape index (κ3) is 2.85. The molecule has 2 rings (SSSR count). The van der Waals surface area contributed by atoms with Crippen molar-refractivity contribution in [3.05, 3.63) is 35.9 Å². The van der Waals surface area contributed by atoms with Crippen LogP contribution in [0.3, 0.4) is 0 Å². The summed E-state index contributed by atoms with van der Waals surface area (Å²) in [6.45, 7) is 0.144. The average molecular weight is 271 g/mol. The Kier molecular flexibility index (Phi) is 4.27. The van der Waals surface area contributed by atoms with Crippen LogP contribution in [-0.4, -0.2) is 37.8 Å². The Labute approximate surface area is 105 Å². The summed E-state index contributed by atoms with van der Waals surface area (Å²) in [6.07, 6.45) is -1.15. The van der Waals surface area contributed by atoms with Crippen molar-refractivity contribution in [2.75, 3.05) is 0 Å². The van der Waals surface area contributed by atoms with Crippen LogP contribution in [-0.2, 0) is 16.2 Å². The van der Waals surface area contributed by atoms with Gasteiger partial charge in [-0.25, -0.2) is 0 Å². The summed E-state index contributed by atoms with van der Waals surface area (Å²) >= 11 is 0. The fourth-order valence-electron chi connectivity index (χ4n) is 1.75. The summed E-state index contributed by atoms with van der Waals surface area (Å²) in [7, 11) is -2.39. The average Bonchev–Trinajstić information content (AvgIpc) is 2.64. The third-order valence-electron chi connectivity index (χ3n) is 2.70. The third-order valence-corrected chi connectivity index (χ3v) is 3.69. The van der Waals surface area contributed by atoms with Crippen LogP contribution < -0.4 is 0 Å². The van der Waals surface area contributed by atoms with Crippen LogP contribution in [0.15, 0.2) is 30.3 Å². The summed E-state index contributed by atoms with van der Waals surface area (Å²) in [4.78, 5) is 35.0. The zero-order valence-corrected chi connectivity index (χ0v) is 10.4. The zero-order valence-electron chi connectivity index (χ0n) is 9.51. The maximum Gasteiger partial charge on any atom is 0.260 e. The Morgan fingerprint density at radius 3 is 2.56 bits per heavy atom. The predicted molar refractivity (Wildman–Crippen MR) is 63.8 cm³/mol. The first-order valence-electron chi connectivity index (χ1n) is 5.44. The highest BCUT2D eigenvalue weighted by Gasteiger charge is 2.43. The molecule has 7 heteroatoms. The SMILES string of the molecule is O=C1C(P(O)O)CC(O)N1OCc1ccccc1. The van der Waals surface area contributed by atoms with Gasteiger partial charge in [0.2, 0.25) is 0 Å². The Bertz CT molecular complexity index is 413. The number of benzene rings is 1. The van der Waals surface area contributed by atoms with Gasteiger partial charge in [-0.15, -0.1) is 0 Å². The lowest BCUT2D eigenvalue weighted by atomic mass is 10.2. The topological polar surface area (TPSA) is 90.2 Å². The molecule has 0 aliphatic carbocycles. The van der Waals surface area contributed by atoms with Gasteiger partial charge in [-0.2, -0.15) is 5.06 Å². The standard InChI is InChI=1S/C11H14NO5P/c13-10-6-9(18(15)16)11(14)12(10)17-7-8-4-2-1-3-5-8/h1-5,9-10,13,15-16H,6-7H2. The van der Waals surface area contributed by atoms with E-state index in [2.05, 4.69) is 0 Å². The van der Waals surface area contributed by atoms with Crippen molar-refractivity contribution in [2.24, 2.45) is 0 Å². The summed E-state index contributed by atoms with van der Waals surface area (Å²) < 4.78 is 0. The molecule has 1 aromatic carbocycles. The van der Waals surface area contributed by atoms with Gasteiger partial charge < -0.3 is 14.9 Å². The Morgan fingerprint density at radius 1 is 1.33 bits per heavy atom. The molecule has 0 radical (unpaired) electrons. The van der Waals surface area contributed by atoms with Gasteiger partial charge in [0.1, 0.15) is 12.3 Å². The van der Waals surface area contributed by atoms with Gasteiger partial charge in [0, 0.05) is 6.42 Å². The molecule has 18 heavy (non-hydrogen) atoms. The summed E-state index contributed by atoms with van der Waals surface area (Å²) in [5, 5.41) is 10.4. The number of aliphatic hydroxyl groups is 1. The molecule has 1 fully saturated rings. The maximum absolute atomic E-state index is 11.7. The molecule has 1 amide bonds. The van der Waals surface area contributed by atoms with Crippen molar-refractivity contribution >= 4 is 14.3 Å². The highest BCUT2D eigenvalue weighted by Crippen LogP contribution is 2.40. The monoisotopic (exact) mass is 271 g/mol. The van der Waals surface area contributed by atoms with Crippen molar-refractivity contribution in [2.45, 2.75) is 24.9 Å². The number of nitrogens with zero attached hydrogens (tertiary/aromatic N) is 1. The van der Waals surface area contributed by atoms with Gasteiger partial charge in [-0.3, -0.25) is 9.63 Å². The van der Waals surface area contributed by atoms with Gasteiger partial charge in [0.05, 0.1) is 0 Å². The second-order valence-corrected chi connectivity index (χ2v) is 5.24. The molecule has 98 valence electrons. The number of carbonyl (C=O) groups excluding carboxylic acids is 1. The lowest BCUT2D eigenvalue weighted by molar-refractivity contribution is -0.225. The molecule has 1 heterocycles. The number of aliphatic hydroxyl groups excluding tert-OH is 1. The van der Waals surface area contributed by atoms with Gasteiger partial charge in [0.15, 0.2) is 14.6 Å². The first-order chi connectivity index (χ1) is 8.59. The Balaban J connectivity index is 1.95. The van der Waals surface area contributed by atoms with E-state index in [4.69, 9.17) is 14.6 Å². The van der Waals surface area contributed by atoms with E-state index in [-0.39, 0.29) is 13.0 Å². The van der Waals surface area contributed by atoms with Crippen LogP contribution in [0.1, 0.15) is 12.0 Å². The van der Waals surface area contributed by atoms with Crippen molar-refractivity contribution < 1.29 is 24.5 Å². The van der Waals surface area contributed by atoms with E-state index in [9.17, 15) is 9.90 Å². The molecule has 1 aliphatic rings. The number of hydroxylamine groups is 2. The van der Waals surface area contributed by atoms with E-state index >= 15 is 0 Å². The molecular weight excluding hydrogens is 257 g/mol. The van der Waals surface area contributed by atoms with E-state index in [1.165, 1.54) is 0 Å². The maximum atomic E-state index is 11.7. The van der Waals surface area contributed by atoms with Crippen molar-refractivity contribution in [3.8, 4) is 0 Å². The van der Waals surface area contributed by atoms with Crippen LogP contribution in [0.5, 0.6) is 0 Å². The fourth-order valence-corrected chi connectivity index (χ4v) is 2.44. The van der Waals surface area contributed by atoms with Crippen LogP contribution in [0.4, 0.5) is 0 Å². The number of hydrogen-bond donors (Lipinski definition) is 3. The van der Waals surface area contributed by atoms with Gasteiger partial charge in [-0.1, -0.05) is 30.3 Å². The summed E-state index contributed by atoms with van der Waals surface area (Å²) in [6, 6.07) is 9.19. The molecule has 1 aliphatic heterocycles. The summed E-state index contributed by atoms with van der Waals surface area (Å²) in [5.74, 6) is -0.588. The van der Waals surface area contributed by atoms with E-state index in [0.29, 0.717) is 0 Å². The molecule has 3 N–H and O–H groups in total. The normalized spacial score (nSPS) is 24.0. The van der Waals surface area contributed by atoms with E-state index in [1.807, 2.05) is 30.3 Å². The first kappa shape index (κ1) is 13.4. The zero-order chi connectivity index (χ0) is 13.1. The van der Waals surface area contributed by atoms with Crippen LogP contribution in [0.25, 0.3) is 0 Å². The minimum Gasteiger partial charge on any atom is -0.371 e. The number of hydrogen-bond acceptors (Lipinski definition) is 5. The van der Waals surface area contributed by atoms with E-state index in [0.717, 1.165) is 10.6 Å². The molecule has 2 unspecified atom stereocenters. The quantitative estimate of drug-likeness (QED) is 0.687. The highest BCUT2D eigenvalue weighted by molar-refractivity contribution is 7.47. The fraction of sp³-hybridized carbons (Fsp3) is 0.364. The van der Waals surface area contributed by atoms with Gasteiger partial charge in [-0.05, 0) is 5.56 Å². The Morgan fingerprint density at radius 2 is 2.00 bits per heavy atom. The van der Waals surface area contributed by atoms with Gasteiger partial charge in [0.25, 0.3) is 5.91 Å². The smallest absolute Gasteiger partial charge is 0.260 e. The first-order valence-corrected chi connectivity index (χ1v) is 6.76. The largest absolute Gasteiger partial charge is 0.371 e. The number of amides is 1. The number of carbonyl (C=O) groups is 1. The van der Waals surface area contributed by atoms with Crippen molar-refractivity contribution in [1.29, 1.82) is 0 Å². The molecular formula is C11H14NO5P. The number of rotatable bonds is 4. The molecule has 1 saturated heterocycles. The van der Waals surface area contributed by atoms with Crippen LogP contribution in [0.2, 0.25) is 0 Å². The second-order valence-electron chi connectivity index (χ2n) is 3.98. The molecule has 0 saturated carbocycles. The molecule has 0 bridgehead atoms. The van der Waals surface area contributed by atoms with E-state index < -0.39 is 26.2 Å². The predicted octanol–water partition coefficient (Wildman–Crippen LogP) is 0.334. The van der Waals surface area contributed by atoms with Crippen LogP contribution in [0, 0.1) is 0 Å². The lowest BCUT2D eigenvalue weighted by Gasteiger charge is -2.19. The molecule has 2 atom stereocenters. The van der Waals surface area contributed by atoms with Crippen LogP contribution >= 0.6 is 8.38 Å². The van der Waals surface area contributed by atoms with Crippen molar-refractivity contribution in [1.82, 2.24) is 5.06 Å². The molecule has 0 spiro atoms. The highest BCUT2D eigenvalue weighted by atomic mass is 31.2. The molecule has 6 nitrogen and oxygen atoms in total.